The van der Waals surface area contributed by atoms with E-state index >= 15 is 0 Å². The fourth-order valence-electron chi connectivity index (χ4n) is 4.07. The summed E-state index contributed by atoms with van der Waals surface area (Å²) >= 11 is 6.31. The molecule has 5 rings (SSSR count). The van der Waals surface area contributed by atoms with Crippen LogP contribution >= 0.6 is 11.6 Å². The molecule has 4 aromatic rings. The average Bonchev–Trinajstić information content (AvgIpc) is 3.30. The molecule has 5 heterocycles. The van der Waals surface area contributed by atoms with E-state index in [9.17, 15) is 22.8 Å². The molecule has 0 saturated heterocycles. The van der Waals surface area contributed by atoms with Crippen LogP contribution in [-0.2, 0) is 16.9 Å². The molecule has 0 atom stereocenters. The van der Waals surface area contributed by atoms with Gasteiger partial charge in [0, 0.05) is 25.1 Å². The number of nitrogens with one attached hydrogen (secondary N) is 1. The van der Waals surface area contributed by atoms with E-state index in [2.05, 4.69) is 20.4 Å². The lowest BCUT2D eigenvalue weighted by Crippen LogP contribution is -2.40. The molecule has 11 nitrogen and oxygen atoms in total. The molecule has 0 radical (unpaired) electrons. The second-order valence-electron chi connectivity index (χ2n) is 9.27. The molecule has 0 unspecified atom stereocenters. The third kappa shape index (κ3) is 5.55. The molecule has 4 aromatic heterocycles. The first kappa shape index (κ1) is 25.4. The Labute approximate surface area is 238 Å². The SMILES string of the molecule is [2H]C([2H])(Oc1cc2n(c(=O)c1Cl)-c1cc(-n3cc(F)c(C(C)(C)NC(C)=O)n3)ncc1OCCO2)c1ncc(F)cc1F. The summed E-state index contributed by atoms with van der Waals surface area (Å²) in [6.07, 6.45) is 2.94. The van der Waals surface area contributed by atoms with Gasteiger partial charge in [-0.2, -0.15) is 5.10 Å². The Kier molecular flexibility index (Phi) is 6.66. The quantitative estimate of drug-likeness (QED) is 0.360. The predicted octanol–water partition coefficient (Wildman–Crippen LogP) is 3.61. The van der Waals surface area contributed by atoms with Crippen molar-refractivity contribution in [2.45, 2.75) is 32.9 Å². The minimum Gasteiger partial charge on any atom is -0.486 e. The largest absolute Gasteiger partial charge is 0.486 e. The van der Waals surface area contributed by atoms with Gasteiger partial charge in [-0.1, -0.05) is 11.6 Å². The van der Waals surface area contributed by atoms with Crippen molar-refractivity contribution in [2.24, 2.45) is 0 Å². The van der Waals surface area contributed by atoms with Crippen molar-refractivity contribution < 1.29 is 34.9 Å². The van der Waals surface area contributed by atoms with E-state index in [0.29, 0.717) is 12.3 Å². The van der Waals surface area contributed by atoms with E-state index in [0.717, 1.165) is 21.5 Å². The molecule has 41 heavy (non-hydrogen) atoms. The molecule has 1 aliphatic rings. The first-order valence-corrected chi connectivity index (χ1v) is 12.3. The lowest BCUT2D eigenvalue weighted by atomic mass is 10.0. The van der Waals surface area contributed by atoms with E-state index in [4.69, 9.17) is 28.6 Å². The summed E-state index contributed by atoms with van der Waals surface area (Å²) in [5, 5.41) is 6.25. The van der Waals surface area contributed by atoms with E-state index in [1.165, 1.54) is 19.2 Å². The monoisotopic (exact) mass is 592 g/mol. The zero-order chi connectivity index (χ0) is 31.3. The van der Waals surface area contributed by atoms with Gasteiger partial charge in [0.2, 0.25) is 11.8 Å². The standard InChI is InChI=1S/C26H22ClF3N6O5/c1-13(37)33-26(2,3)24-16(30)11-35(34-24)21-7-18-20(10-32-21)39-4-5-40-22-8-19(23(27)25(38)36(18)22)41-12-17-15(29)6-14(28)9-31-17/h6-11H,4-5,12H2,1-3H3,(H,33,37)/i12D2. The maximum Gasteiger partial charge on any atom is 0.280 e. The molecule has 1 aliphatic heterocycles. The van der Waals surface area contributed by atoms with Crippen LogP contribution in [0.3, 0.4) is 0 Å². The molecule has 0 aromatic carbocycles. The number of halogens is 4. The van der Waals surface area contributed by atoms with Gasteiger partial charge < -0.3 is 19.5 Å². The number of rotatable bonds is 6. The number of pyridine rings is 3. The van der Waals surface area contributed by atoms with Gasteiger partial charge in [-0.05, 0) is 13.8 Å². The first-order chi connectivity index (χ1) is 20.2. The number of hydrogen-bond acceptors (Lipinski definition) is 8. The van der Waals surface area contributed by atoms with Crippen LogP contribution in [0.15, 0.2) is 41.6 Å². The summed E-state index contributed by atoms with van der Waals surface area (Å²) < 4.78 is 77.6. The number of nitrogens with zero attached hydrogens (tertiary/aromatic N) is 5. The number of carbonyl (C=O) groups excluding carboxylic acids is 1. The van der Waals surface area contributed by atoms with Gasteiger partial charge in [0.1, 0.15) is 47.7 Å². The molecule has 1 amide bonds. The Balaban J connectivity index is 1.59. The van der Waals surface area contributed by atoms with Gasteiger partial charge in [-0.25, -0.2) is 27.4 Å². The molecule has 214 valence electrons. The Morgan fingerprint density at radius 1 is 1.17 bits per heavy atom. The highest BCUT2D eigenvalue weighted by Gasteiger charge is 2.30. The number of aromatic nitrogens is 5. The number of fused-ring (bicyclic) bond motifs is 3. The van der Waals surface area contributed by atoms with Crippen molar-refractivity contribution in [1.29, 1.82) is 0 Å². The summed E-state index contributed by atoms with van der Waals surface area (Å²) in [4.78, 5) is 32.8. The van der Waals surface area contributed by atoms with Gasteiger partial charge in [-0.3, -0.25) is 14.6 Å². The van der Waals surface area contributed by atoms with E-state index in [1.54, 1.807) is 13.8 Å². The lowest BCUT2D eigenvalue weighted by molar-refractivity contribution is -0.120. The van der Waals surface area contributed by atoms with Gasteiger partial charge in [-0.15, -0.1) is 0 Å². The van der Waals surface area contributed by atoms with Crippen molar-refractivity contribution in [3.63, 3.8) is 0 Å². The minimum atomic E-state index is -2.97. The molecule has 15 heteroatoms. The first-order valence-electron chi connectivity index (χ1n) is 12.9. The number of hydrogen-bond donors (Lipinski definition) is 1. The van der Waals surface area contributed by atoms with Gasteiger partial charge >= 0.3 is 0 Å². The smallest absolute Gasteiger partial charge is 0.280 e. The van der Waals surface area contributed by atoms with Gasteiger partial charge in [0.25, 0.3) is 5.56 Å². The van der Waals surface area contributed by atoms with E-state index < -0.39 is 57.5 Å². The minimum absolute atomic E-state index is 0.0119. The molecular weight excluding hydrogens is 569 g/mol. The maximum atomic E-state index is 14.9. The summed E-state index contributed by atoms with van der Waals surface area (Å²) in [6, 6.07) is 2.89. The van der Waals surface area contributed by atoms with Crippen LogP contribution in [-0.4, -0.2) is 43.4 Å². The molecule has 0 saturated carbocycles. The molecule has 0 spiro atoms. The highest BCUT2D eigenvalue weighted by Crippen LogP contribution is 2.34. The Hall–Kier alpha value is -4.59. The van der Waals surface area contributed by atoms with Crippen LogP contribution in [0.5, 0.6) is 17.4 Å². The Morgan fingerprint density at radius 2 is 1.93 bits per heavy atom. The number of amides is 1. The summed E-state index contributed by atoms with van der Waals surface area (Å²) in [6.45, 7) is 1.41. The van der Waals surface area contributed by atoms with Crippen molar-refractivity contribution >= 4 is 17.5 Å². The average molecular weight is 593 g/mol. The van der Waals surface area contributed by atoms with Crippen LogP contribution in [0.1, 0.15) is 34.9 Å². The third-order valence-electron chi connectivity index (χ3n) is 5.80. The lowest BCUT2D eigenvalue weighted by Gasteiger charge is -2.23. The van der Waals surface area contributed by atoms with Crippen molar-refractivity contribution in [2.75, 3.05) is 13.2 Å². The maximum absolute atomic E-state index is 14.9. The van der Waals surface area contributed by atoms with E-state index in [-0.39, 0.29) is 42.0 Å². The Morgan fingerprint density at radius 3 is 2.66 bits per heavy atom. The molecule has 0 fully saturated rings. The van der Waals surface area contributed by atoms with Crippen LogP contribution < -0.4 is 25.1 Å². The fourth-order valence-corrected chi connectivity index (χ4v) is 4.25. The highest BCUT2D eigenvalue weighted by molar-refractivity contribution is 6.31. The summed E-state index contributed by atoms with van der Waals surface area (Å²) in [5.74, 6) is -3.95. The molecule has 0 aliphatic carbocycles. The molecule has 1 N–H and O–H groups in total. The predicted molar refractivity (Wildman–Crippen MR) is 138 cm³/mol. The van der Waals surface area contributed by atoms with Crippen LogP contribution in [0.2, 0.25) is 5.02 Å². The molecular formula is C26H22ClF3N6O5. The third-order valence-corrected chi connectivity index (χ3v) is 6.14. The Bertz CT molecular complexity index is 1820. The van der Waals surface area contributed by atoms with Gasteiger partial charge in [0.05, 0.1) is 32.6 Å². The van der Waals surface area contributed by atoms with Gasteiger partial charge in [0.15, 0.2) is 23.2 Å². The van der Waals surface area contributed by atoms with Crippen molar-refractivity contribution in [3.05, 3.63) is 81.0 Å². The number of ether oxygens (including phenoxy) is 3. The summed E-state index contributed by atoms with van der Waals surface area (Å²) in [5.41, 5.74) is -2.99. The second-order valence-corrected chi connectivity index (χ2v) is 9.65. The van der Waals surface area contributed by atoms with Crippen molar-refractivity contribution in [1.82, 2.24) is 29.6 Å². The summed E-state index contributed by atoms with van der Waals surface area (Å²) in [7, 11) is 0. The molecule has 0 bridgehead atoms. The topological polar surface area (TPSA) is 122 Å². The second kappa shape index (κ2) is 10.8. The van der Waals surface area contributed by atoms with E-state index in [1.807, 2.05) is 0 Å². The van der Waals surface area contributed by atoms with Crippen LogP contribution in [0.4, 0.5) is 13.2 Å². The van der Waals surface area contributed by atoms with Crippen LogP contribution in [0.25, 0.3) is 11.5 Å². The number of carbonyl (C=O) groups is 1. The zero-order valence-electron chi connectivity index (χ0n) is 23.7. The van der Waals surface area contributed by atoms with Crippen molar-refractivity contribution in [3.8, 4) is 28.9 Å². The van der Waals surface area contributed by atoms with Crippen LogP contribution in [0, 0.1) is 17.5 Å². The highest BCUT2D eigenvalue weighted by atomic mass is 35.5. The zero-order valence-corrected chi connectivity index (χ0v) is 22.4. The fraction of sp³-hybridized carbons (Fsp3) is 0.269. The normalized spacial score (nSPS) is 13.8.